The maximum absolute atomic E-state index is 13.3. The Bertz CT molecular complexity index is 1300. The maximum atomic E-state index is 13.3. The third-order valence-corrected chi connectivity index (χ3v) is 6.64. The Labute approximate surface area is 218 Å². The van der Waals surface area contributed by atoms with E-state index in [2.05, 4.69) is 0 Å². The fourth-order valence-electron chi connectivity index (χ4n) is 4.64. The number of ketones is 1. The number of amides is 1. The minimum atomic E-state index is -0.656. The first-order valence-electron chi connectivity index (χ1n) is 12.5. The van der Waals surface area contributed by atoms with E-state index in [1.54, 1.807) is 17.0 Å². The summed E-state index contributed by atoms with van der Waals surface area (Å²) in [6.07, 6.45) is 0.717. The van der Waals surface area contributed by atoms with Gasteiger partial charge in [-0.05, 0) is 75.8 Å². The van der Waals surface area contributed by atoms with Gasteiger partial charge in [-0.2, -0.15) is 0 Å². The summed E-state index contributed by atoms with van der Waals surface area (Å²) in [7, 11) is 3.95. The highest BCUT2D eigenvalue weighted by molar-refractivity contribution is 6.46. The normalized spacial score (nSPS) is 17.0. The molecule has 0 aliphatic carbocycles. The number of rotatable bonds is 9. The van der Waals surface area contributed by atoms with E-state index in [9.17, 15) is 14.7 Å². The van der Waals surface area contributed by atoms with E-state index in [0.717, 1.165) is 35.2 Å². The number of aliphatic hydroxyl groups is 1. The van der Waals surface area contributed by atoms with Crippen LogP contribution in [0.5, 0.6) is 5.75 Å². The lowest BCUT2D eigenvalue weighted by Crippen LogP contribution is -2.32. The minimum absolute atomic E-state index is 0.125. The first kappa shape index (κ1) is 26.2. The van der Waals surface area contributed by atoms with Gasteiger partial charge in [-0.1, -0.05) is 60.2 Å². The minimum Gasteiger partial charge on any atom is -0.507 e. The molecule has 4 rings (SSSR count). The van der Waals surface area contributed by atoms with Crippen molar-refractivity contribution in [2.45, 2.75) is 32.9 Å². The number of Topliss-reactive ketones (excluding diaryl/α,β-unsaturated/α-hetero) is 1. The van der Waals surface area contributed by atoms with Crippen LogP contribution in [0.3, 0.4) is 0 Å². The summed E-state index contributed by atoms with van der Waals surface area (Å²) >= 11 is 0. The molecule has 1 saturated heterocycles. The van der Waals surface area contributed by atoms with Crippen LogP contribution in [-0.4, -0.2) is 53.8 Å². The number of benzene rings is 3. The average Bonchev–Trinajstić information content (AvgIpc) is 3.13. The predicted molar refractivity (Wildman–Crippen MR) is 145 cm³/mol. The van der Waals surface area contributed by atoms with Gasteiger partial charge in [-0.25, -0.2) is 0 Å². The van der Waals surface area contributed by atoms with Crippen molar-refractivity contribution < 1.29 is 19.4 Å². The molecule has 6 nitrogen and oxygen atoms in total. The molecule has 0 saturated carbocycles. The molecule has 1 aliphatic rings. The summed E-state index contributed by atoms with van der Waals surface area (Å²) in [5.41, 5.74) is 4.33. The molecule has 1 N–H and O–H groups in total. The van der Waals surface area contributed by atoms with Crippen LogP contribution in [0.2, 0.25) is 0 Å². The summed E-state index contributed by atoms with van der Waals surface area (Å²) in [5, 5.41) is 11.4. The molecule has 0 aromatic heterocycles. The fraction of sp³-hybridized carbons (Fsp3) is 0.290. The Hall–Kier alpha value is -3.90. The molecular weight excluding hydrogens is 464 g/mol. The van der Waals surface area contributed by atoms with Crippen molar-refractivity contribution in [3.8, 4) is 5.75 Å². The Morgan fingerprint density at radius 2 is 1.68 bits per heavy atom. The summed E-state index contributed by atoms with van der Waals surface area (Å²) in [5.74, 6) is -0.730. The summed E-state index contributed by atoms with van der Waals surface area (Å²) in [4.78, 5) is 30.0. The van der Waals surface area contributed by atoms with Crippen molar-refractivity contribution in [3.05, 3.63) is 106 Å². The fourth-order valence-corrected chi connectivity index (χ4v) is 4.64. The highest BCUT2D eigenvalue weighted by Gasteiger charge is 2.45. The molecule has 0 bridgehead atoms. The van der Waals surface area contributed by atoms with Crippen LogP contribution < -0.4 is 4.74 Å². The third-order valence-electron chi connectivity index (χ3n) is 6.64. The number of hydrogen-bond acceptors (Lipinski definition) is 5. The molecular formula is C31H34N2O4. The van der Waals surface area contributed by atoms with Crippen molar-refractivity contribution in [1.29, 1.82) is 0 Å². The molecule has 1 atom stereocenters. The molecule has 1 fully saturated rings. The zero-order valence-corrected chi connectivity index (χ0v) is 21.9. The first-order valence-corrected chi connectivity index (χ1v) is 12.5. The quantitative estimate of drug-likeness (QED) is 0.248. The van der Waals surface area contributed by atoms with Gasteiger partial charge < -0.3 is 19.6 Å². The number of aryl methyl sites for hydroxylation is 2. The standard InChI is InChI=1S/C31H34N2O4/c1-21-11-13-24(14-12-21)28-27(30(35)31(36)33(28)18-8-17-32(3)4)29(34)26-16-15-25(19-22(26)2)37-20-23-9-6-5-7-10-23/h5-7,9-16,19,28,34H,8,17-18,20H2,1-4H3/t28-/m1/s1. The number of nitrogens with zero attached hydrogens (tertiary/aromatic N) is 2. The van der Waals surface area contributed by atoms with E-state index in [1.165, 1.54) is 0 Å². The highest BCUT2D eigenvalue weighted by Crippen LogP contribution is 2.40. The van der Waals surface area contributed by atoms with Crippen molar-refractivity contribution in [1.82, 2.24) is 9.80 Å². The van der Waals surface area contributed by atoms with Gasteiger partial charge in [0.1, 0.15) is 18.1 Å². The predicted octanol–water partition coefficient (Wildman–Crippen LogP) is 5.26. The Balaban J connectivity index is 1.68. The molecule has 6 heteroatoms. The van der Waals surface area contributed by atoms with Crippen LogP contribution >= 0.6 is 0 Å². The molecule has 192 valence electrons. The average molecular weight is 499 g/mol. The number of carbonyl (C=O) groups excluding carboxylic acids is 2. The van der Waals surface area contributed by atoms with E-state index >= 15 is 0 Å². The van der Waals surface area contributed by atoms with Gasteiger partial charge in [0.15, 0.2) is 0 Å². The number of ether oxygens (including phenoxy) is 1. The van der Waals surface area contributed by atoms with Crippen molar-refractivity contribution >= 4 is 17.4 Å². The molecule has 37 heavy (non-hydrogen) atoms. The lowest BCUT2D eigenvalue weighted by Gasteiger charge is -2.26. The number of likely N-dealkylation sites (tertiary alicyclic amines) is 1. The Kier molecular flexibility index (Phi) is 8.09. The number of hydrogen-bond donors (Lipinski definition) is 1. The zero-order valence-electron chi connectivity index (χ0n) is 21.9. The summed E-state index contributed by atoms with van der Waals surface area (Å²) < 4.78 is 5.92. The lowest BCUT2D eigenvalue weighted by atomic mass is 9.93. The molecule has 0 spiro atoms. The van der Waals surface area contributed by atoms with E-state index in [4.69, 9.17) is 4.74 Å². The highest BCUT2D eigenvalue weighted by atomic mass is 16.5. The van der Waals surface area contributed by atoms with Gasteiger partial charge >= 0.3 is 0 Å². The Morgan fingerprint density at radius 3 is 2.32 bits per heavy atom. The number of aliphatic hydroxyl groups excluding tert-OH is 1. The number of carbonyl (C=O) groups is 2. The van der Waals surface area contributed by atoms with Crippen LogP contribution in [0.4, 0.5) is 0 Å². The molecule has 0 radical (unpaired) electrons. The van der Waals surface area contributed by atoms with Crippen LogP contribution in [0.1, 0.15) is 40.3 Å². The van der Waals surface area contributed by atoms with Gasteiger partial charge in [0.25, 0.3) is 11.7 Å². The second kappa shape index (κ2) is 11.4. The first-order chi connectivity index (χ1) is 17.8. The van der Waals surface area contributed by atoms with Gasteiger partial charge in [0, 0.05) is 12.1 Å². The lowest BCUT2D eigenvalue weighted by molar-refractivity contribution is -0.139. The molecule has 1 heterocycles. The monoisotopic (exact) mass is 498 g/mol. The Morgan fingerprint density at radius 1 is 0.973 bits per heavy atom. The molecule has 3 aromatic carbocycles. The summed E-state index contributed by atoms with van der Waals surface area (Å²) in [6, 6.07) is 22.4. The van der Waals surface area contributed by atoms with Gasteiger partial charge in [-0.3, -0.25) is 9.59 Å². The van der Waals surface area contributed by atoms with E-state index in [1.807, 2.05) is 93.5 Å². The smallest absolute Gasteiger partial charge is 0.295 e. The van der Waals surface area contributed by atoms with Crippen LogP contribution in [0, 0.1) is 13.8 Å². The van der Waals surface area contributed by atoms with Crippen molar-refractivity contribution in [2.75, 3.05) is 27.2 Å². The zero-order chi connectivity index (χ0) is 26.5. The molecule has 1 amide bonds. The van der Waals surface area contributed by atoms with Gasteiger partial charge in [-0.15, -0.1) is 0 Å². The third kappa shape index (κ3) is 5.92. The van der Waals surface area contributed by atoms with Crippen molar-refractivity contribution in [3.63, 3.8) is 0 Å². The van der Waals surface area contributed by atoms with Gasteiger partial charge in [0.2, 0.25) is 0 Å². The maximum Gasteiger partial charge on any atom is 0.295 e. The second-order valence-electron chi connectivity index (χ2n) is 9.81. The van der Waals surface area contributed by atoms with E-state index in [0.29, 0.717) is 24.5 Å². The van der Waals surface area contributed by atoms with E-state index in [-0.39, 0.29) is 11.3 Å². The SMILES string of the molecule is Cc1ccc([C@@H]2C(=C(O)c3ccc(OCc4ccccc4)cc3C)C(=O)C(=O)N2CCCN(C)C)cc1. The van der Waals surface area contributed by atoms with Crippen LogP contribution in [0.15, 0.2) is 78.4 Å². The molecule has 0 unspecified atom stereocenters. The molecule has 1 aliphatic heterocycles. The van der Waals surface area contributed by atoms with Gasteiger partial charge in [0.05, 0.1) is 11.6 Å². The van der Waals surface area contributed by atoms with Crippen LogP contribution in [-0.2, 0) is 16.2 Å². The molecule has 3 aromatic rings. The topological polar surface area (TPSA) is 70.1 Å². The largest absolute Gasteiger partial charge is 0.507 e. The summed E-state index contributed by atoms with van der Waals surface area (Å²) in [6.45, 7) is 5.48. The van der Waals surface area contributed by atoms with E-state index < -0.39 is 17.7 Å². The van der Waals surface area contributed by atoms with Crippen molar-refractivity contribution in [2.24, 2.45) is 0 Å². The second-order valence-corrected chi connectivity index (χ2v) is 9.81. The van der Waals surface area contributed by atoms with Crippen LogP contribution in [0.25, 0.3) is 5.76 Å².